The zero-order valence-electron chi connectivity index (χ0n) is 12.4. The van der Waals surface area contributed by atoms with Gasteiger partial charge in [0.2, 0.25) is 5.91 Å². The van der Waals surface area contributed by atoms with Crippen molar-refractivity contribution in [1.82, 2.24) is 4.90 Å². The van der Waals surface area contributed by atoms with Crippen LogP contribution in [0.1, 0.15) is 20.8 Å². The second kappa shape index (κ2) is 6.42. The summed E-state index contributed by atoms with van der Waals surface area (Å²) >= 11 is 0. The van der Waals surface area contributed by atoms with Crippen molar-refractivity contribution in [1.29, 1.82) is 0 Å². The molecule has 0 spiro atoms. The Morgan fingerprint density at radius 2 is 1.75 bits per heavy atom. The van der Waals surface area contributed by atoms with Crippen LogP contribution in [-0.2, 0) is 4.79 Å². The number of benzene rings is 2. The van der Waals surface area contributed by atoms with Crippen molar-refractivity contribution in [2.24, 2.45) is 0 Å². The molecular weight excluding hydrogens is 248 g/mol. The van der Waals surface area contributed by atoms with Crippen LogP contribution in [0.5, 0.6) is 0 Å². The van der Waals surface area contributed by atoms with Gasteiger partial charge in [0.05, 0.1) is 0 Å². The first kappa shape index (κ1) is 14.4. The highest BCUT2D eigenvalue weighted by Gasteiger charge is 2.18. The molecule has 0 aliphatic heterocycles. The second-order valence-electron chi connectivity index (χ2n) is 4.90. The van der Waals surface area contributed by atoms with Crippen molar-refractivity contribution in [3.8, 4) is 0 Å². The topological polar surface area (TPSA) is 32.3 Å². The van der Waals surface area contributed by atoms with Gasteiger partial charge in [-0.1, -0.05) is 36.4 Å². The lowest BCUT2D eigenvalue weighted by atomic mass is 10.1. The largest absolute Gasteiger partial charge is 0.373 e. The van der Waals surface area contributed by atoms with E-state index in [0.29, 0.717) is 0 Å². The Labute approximate surface area is 120 Å². The molecule has 0 aliphatic carbocycles. The van der Waals surface area contributed by atoms with Gasteiger partial charge in [0.15, 0.2) is 0 Å². The number of carbonyl (C=O) groups excluding carboxylic acids is 1. The number of hydrogen-bond acceptors (Lipinski definition) is 2. The number of hydrogen-bond donors (Lipinski definition) is 1. The quantitative estimate of drug-likeness (QED) is 0.901. The van der Waals surface area contributed by atoms with E-state index in [1.807, 2.05) is 49.9 Å². The van der Waals surface area contributed by atoms with E-state index in [-0.39, 0.29) is 11.9 Å². The fraction of sp³-hybridized carbons (Fsp3) is 0.353. The summed E-state index contributed by atoms with van der Waals surface area (Å²) in [7, 11) is 0. The molecule has 0 bridgehead atoms. The summed E-state index contributed by atoms with van der Waals surface area (Å²) in [6.45, 7) is 7.42. The van der Waals surface area contributed by atoms with Gasteiger partial charge in [-0.25, -0.2) is 0 Å². The van der Waals surface area contributed by atoms with Crippen LogP contribution in [0, 0.1) is 0 Å². The maximum Gasteiger partial charge on any atom is 0.244 e. The fourth-order valence-electron chi connectivity index (χ4n) is 2.46. The first-order valence-electron chi connectivity index (χ1n) is 7.20. The first-order chi connectivity index (χ1) is 9.67. The van der Waals surface area contributed by atoms with Gasteiger partial charge in [0.1, 0.15) is 6.04 Å². The van der Waals surface area contributed by atoms with Gasteiger partial charge in [-0.05, 0) is 32.2 Å². The van der Waals surface area contributed by atoms with Gasteiger partial charge in [0.25, 0.3) is 0 Å². The number of amides is 1. The average molecular weight is 270 g/mol. The van der Waals surface area contributed by atoms with E-state index in [0.717, 1.165) is 24.2 Å². The van der Waals surface area contributed by atoms with Gasteiger partial charge >= 0.3 is 0 Å². The van der Waals surface area contributed by atoms with Gasteiger partial charge in [-0.3, -0.25) is 4.79 Å². The summed E-state index contributed by atoms with van der Waals surface area (Å²) in [4.78, 5) is 14.2. The van der Waals surface area contributed by atoms with Crippen LogP contribution in [0.25, 0.3) is 10.8 Å². The molecule has 0 saturated carbocycles. The van der Waals surface area contributed by atoms with Crippen LogP contribution in [0.4, 0.5) is 5.69 Å². The highest BCUT2D eigenvalue weighted by atomic mass is 16.2. The van der Waals surface area contributed by atoms with Crippen LogP contribution in [0.2, 0.25) is 0 Å². The van der Waals surface area contributed by atoms with Crippen molar-refractivity contribution in [2.75, 3.05) is 18.4 Å². The van der Waals surface area contributed by atoms with E-state index < -0.39 is 0 Å². The van der Waals surface area contributed by atoms with E-state index in [2.05, 4.69) is 23.5 Å². The molecule has 0 heterocycles. The highest BCUT2D eigenvalue weighted by Crippen LogP contribution is 2.23. The van der Waals surface area contributed by atoms with E-state index in [4.69, 9.17) is 0 Å². The molecule has 0 aromatic heterocycles. The molecule has 0 fully saturated rings. The number of rotatable bonds is 5. The summed E-state index contributed by atoms with van der Waals surface area (Å²) in [5.74, 6) is 0.142. The second-order valence-corrected chi connectivity index (χ2v) is 4.90. The Balaban J connectivity index is 2.22. The first-order valence-corrected chi connectivity index (χ1v) is 7.20. The van der Waals surface area contributed by atoms with Crippen molar-refractivity contribution in [3.63, 3.8) is 0 Å². The Kier molecular flexibility index (Phi) is 4.61. The summed E-state index contributed by atoms with van der Waals surface area (Å²) < 4.78 is 0. The van der Waals surface area contributed by atoms with Gasteiger partial charge in [-0.2, -0.15) is 0 Å². The van der Waals surface area contributed by atoms with Crippen molar-refractivity contribution >= 4 is 22.4 Å². The van der Waals surface area contributed by atoms with E-state index in [1.165, 1.54) is 5.39 Å². The predicted octanol–water partition coefficient (Wildman–Crippen LogP) is 3.51. The molecule has 2 rings (SSSR count). The van der Waals surface area contributed by atoms with Gasteiger partial charge in [0, 0.05) is 24.2 Å². The summed E-state index contributed by atoms with van der Waals surface area (Å²) in [5, 5.41) is 5.67. The molecule has 2 aromatic carbocycles. The number of nitrogens with one attached hydrogen (secondary N) is 1. The third-order valence-electron chi connectivity index (χ3n) is 3.61. The lowest BCUT2D eigenvalue weighted by Gasteiger charge is -2.24. The third kappa shape index (κ3) is 2.93. The van der Waals surface area contributed by atoms with Crippen molar-refractivity contribution in [3.05, 3.63) is 42.5 Å². The summed E-state index contributed by atoms with van der Waals surface area (Å²) in [5.41, 5.74) is 1.01. The molecule has 3 nitrogen and oxygen atoms in total. The lowest BCUT2D eigenvalue weighted by molar-refractivity contribution is -0.131. The molecule has 1 N–H and O–H groups in total. The van der Waals surface area contributed by atoms with E-state index in [9.17, 15) is 4.79 Å². The monoisotopic (exact) mass is 270 g/mol. The molecule has 0 radical (unpaired) electrons. The van der Waals surface area contributed by atoms with Crippen LogP contribution in [-0.4, -0.2) is 29.9 Å². The molecule has 0 saturated heterocycles. The third-order valence-corrected chi connectivity index (χ3v) is 3.61. The predicted molar refractivity (Wildman–Crippen MR) is 85.0 cm³/mol. The fourth-order valence-corrected chi connectivity index (χ4v) is 2.46. The zero-order valence-corrected chi connectivity index (χ0v) is 12.4. The van der Waals surface area contributed by atoms with E-state index in [1.54, 1.807) is 0 Å². The normalized spacial score (nSPS) is 12.2. The smallest absolute Gasteiger partial charge is 0.244 e. The number of likely N-dealkylation sites (N-methyl/N-ethyl adjacent to an activating group) is 1. The lowest BCUT2D eigenvalue weighted by Crippen LogP contribution is -2.41. The maximum atomic E-state index is 12.3. The number of anilines is 1. The van der Waals surface area contributed by atoms with Crippen molar-refractivity contribution < 1.29 is 4.79 Å². The molecule has 1 amide bonds. The number of fused-ring (bicyclic) bond motifs is 1. The molecule has 1 unspecified atom stereocenters. The molecular formula is C17H22N2O. The minimum absolute atomic E-state index is 0.142. The summed E-state index contributed by atoms with van der Waals surface area (Å²) in [6.07, 6.45) is 0. The highest BCUT2D eigenvalue weighted by molar-refractivity contribution is 5.95. The summed E-state index contributed by atoms with van der Waals surface area (Å²) in [6, 6.07) is 14.1. The minimum Gasteiger partial charge on any atom is -0.373 e. The van der Waals surface area contributed by atoms with Crippen molar-refractivity contribution in [2.45, 2.75) is 26.8 Å². The number of nitrogens with zero attached hydrogens (tertiary/aromatic N) is 1. The van der Waals surface area contributed by atoms with Crippen LogP contribution in [0.3, 0.4) is 0 Å². The molecule has 1 atom stereocenters. The maximum absolute atomic E-state index is 12.3. The zero-order chi connectivity index (χ0) is 14.5. The van der Waals surface area contributed by atoms with Crippen LogP contribution in [0.15, 0.2) is 42.5 Å². The molecule has 3 heteroatoms. The van der Waals surface area contributed by atoms with Gasteiger partial charge < -0.3 is 10.2 Å². The Hall–Kier alpha value is -2.03. The van der Waals surface area contributed by atoms with E-state index >= 15 is 0 Å². The molecule has 20 heavy (non-hydrogen) atoms. The van der Waals surface area contributed by atoms with Crippen LogP contribution >= 0.6 is 0 Å². The molecule has 106 valence electrons. The van der Waals surface area contributed by atoms with Crippen LogP contribution < -0.4 is 5.32 Å². The molecule has 0 aliphatic rings. The minimum atomic E-state index is -0.222. The number of carbonyl (C=O) groups is 1. The SMILES string of the molecule is CCN(CC)C(=O)C(C)Nc1cccc2ccccc12. The Morgan fingerprint density at radius 3 is 2.45 bits per heavy atom. The molecule has 2 aromatic rings. The standard InChI is InChI=1S/C17H22N2O/c1-4-19(5-2)17(20)13(3)18-16-12-8-10-14-9-6-7-11-15(14)16/h6-13,18H,4-5H2,1-3H3. The van der Waals surface area contributed by atoms with Gasteiger partial charge in [-0.15, -0.1) is 0 Å². The average Bonchev–Trinajstić information content (AvgIpc) is 2.48. The Bertz CT molecular complexity index is 585. The Morgan fingerprint density at radius 1 is 1.10 bits per heavy atom.